The van der Waals surface area contributed by atoms with Crippen LogP contribution < -0.4 is 11.1 Å². The van der Waals surface area contributed by atoms with E-state index in [1.807, 2.05) is 6.07 Å². The van der Waals surface area contributed by atoms with Gasteiger partial charge in [-0.2, -0.15) is 0 Å². The second kappa shape index (κ2) is 5.46. The molecule has 0 spiro atoms. The number of nitrogens with two attached hydrogens (primary N) is 1. The molecule has 2 unspecified atom stereocenters. The lowest BCUT2D eigenvalue weighted by Crippen LogP contribution is -2.33. The Bertz CT molecular complexity index is 442. The largest absolute Gasteiger partial charge is 0.327 e. The van der Waals surface area contributed by atoms with Crippen LogP contribution in [0.1, 0.15) is 17.5 Å². The summed E-state index contributed by atoms with van der Waals surface area (Å²) in [5.41, 5.74) is 7.99. The van der Waals surface area contributed by atoms with Crippen molar-refractivity contribution in [2.45, 2.75) is 25.8 Å². The van der Waals surface area contributed by atoms with E-state index in [0.717, 1.165) is 25.1 Å². The van der Waals surface area contributed by atoms with E-state index in [1.165, 1.54) is 0 Å². The molecule has 0 aliphatic carbocycles. The topological polar surface area (TPSA) is 81.2 Å². The lowest BCUT2D eigenvalue weighted by atomic mass is 9.93. The summed E-state index contributed by atoms with van der Waals surface area (Å²) in [6, 6.07) is 5.46. The molecule has 0 radical (unpaired) electrons. The number of nitrogens with one attached hydrogen (secondary N) is 1. The zero-order valence-electron chi connectivity index (χ0n) is 10.6. The zero-order valence-corrected chi connectivity index (χ0v) is 10.6. The molecule has 5 nitrogen and oxygen atoms in total. The van der Waals surface area contributed by atoms with Crippen LogP contribution in [-0.2, 0) is 6.42 Å². The van der Waals surface area contributed by atoms with E-state index in [9.17, 15) is 10.1 Å². The molecule has 98 valence electrons. The standard InChI is InChI=1S/C13H19N3O2/c1-9-2-3-10(7-13(9)16(17)18)6-12(14)11-4-5-15-8-11/h2-3,7,11-12,15H,4-6,8,14H2,1H3. The molecule has 1 fully saturated rings. The number of nitro benzene ring substituents is 1. The maximum atomic E-state index is 10.9. The molecule has 18 heavy (non-hydrogen) atoms. The molecule has 1 aliphatic rings. The zero-order chi connectivity index (χ0) is 13.1. The highest BCUT2D eigenvalue weighted by Crippen LogP contribution is 2.22. The molecular weight excluding hydrogens is 230 g/mol. The van der Waals surface area contributed by atoms with Crippen molar-refractivity contribution in [3.05, 3.63) is 39.4 Å². The monoisotopic (exact) mass is 249 g/mol. The highest BCUT2D eigenvalue weighted by molar-refractivity contribution is 5.42. The first-order valence-electron chi connectivity index (χ1n) is 6.28. The van der Waals surface area contributed by atoms with Gasteiger partial charge in [0.2, 0.25) is 0 Å². The molecule has 0 saturated carbocycles. The Morgan fingerprint density at radius 1 is 1.61 bits per heavy atom. The van der Waals surface area contributed by atoms with E-state index in [2.05, 4.69) is 5.32 Å². The van der Waals surface area contributed by atoms with Crippen molar-refractivity contribution in [2.24, 2.45) is 11.7 Å². The van der Waals surface area contributed by atoms with E-state index in [0.29, 0.717) is 17.9 Å². The fourth-order valence-electron chi connectivity index (χ4n) is 2.46. The van der Waals surface area contributed by atoms with Crippen LogP contribution in [0.15, 0.2) is 18.2 Å². The van der Waals surface area contributed by atoms with Crippen molar-refractivity contribution in [2.75, 3.05) is 13.1 Å². The Labute approximate surface area is 107 Å². The summed E-state index contributed by atoms with van der Waals surface area (Å²) in [7, 11) is 0. The molecule has 2 rings (SSSR count). The summed E-state index contributed by atoms with van der Waals surface area (Å²) in [4.78, 5) is 10.5. The summed E-state index contributed by atoms with van der Waals surface area (Å²) in [5, 5.41) is 14.2. The van der Waals surface area contributed by atoms with Crippen LogP contribution >= 0.6 is 0 Å². The summed E-state index contributed by atoms with van der Waals surface area (Å²) in [5.74, 6) is 0.477. The minimum absolute atomic E-state index is 0.0716. The first kappa shape index (κ1) is 13.0. The Balaban J connectivity index is 2.09. The van der Waals surface area contributed by atoms with Gasteiger partial charge in [-0.25, -0.2) is 0 Å². The minimum atomic E-state index is -0.332. The fraction of sp³-hybridized carbons (Fsp3) is 0.538. The first-order valence-corrected chi connectivity index (χ1v) is 6.28. The molecule has 0 amide bonds. The van der Waals surface area contributed by atoms with Crippen molar-refractivity contribution in [3.8, 4) is 0 Å². The molecule has 5 heteroatoms. The normalized spacial score (nSPS) is 20.9. The summed E-state index contributed by atoms with van der Waals surface area (Å²) < 4.78 is 0. The SMILES string of the molecule is Cc1ccc(CC(N)C2CCNC2)cc1[N+](=O)[O-]. The van der Waals surface area contributed by atoms with Crippen LogP contribution in [-0.4, -0.2) is 24.1 Å². The van der Waals surface area contributed by atoms with E-state index >= 15 is 0 Å². The quantitative estimate of drug-likeness (QED) is 0.624. The van der Waals surface area contributed by atoms with Crippen LogP contribution in [0.3, 0.4) is 0 Å². The number of nitrogens with zero attached hydrogens (tertiary/aromatic N) is 1. The molecule has 0 bridgehead atoms. The average molecular weight is 249 g/mol. The molecular formula is C13H19N3O2. The first-order chi connectivity index (χ1) is 8.58. The highest BCUT2D eigenvalue weighted by atomic mass is 16.6. The van der Waals surface area contributed by atoms with E-state index in [-0.39, 0.29) is 16.7 Å². The number of nitro groups is 1. The number of rotatable bonds is 4. The number of benzene rings is 1. The lowest BCUT2D eigenvalue weighted by Gasteiger charge is -2.18. The molecule has 1 saturated heterocycles. The van der Waals surface area contributed by atoms with Gasteiger partial charge in [0, 0.05) is 17.7 Å². The van der Waals surface area contributed by atoms with Crippen LogP contribution in [0.2, 0.25) is 0 Å². The Morgan fingerprint density at radius 3 is 3.00 bits per heavy atom. The van der Waals surface area contributed by atoms with Crippen molar-refractivity contribution in [1.82, 2.24) is 5.32 Å². The third kappa shape index (κ3) is 2.86. The number of aryl methyl sites for hydroxylation is 1. The van der Waals surface area contributed by atoms with Gasteiger partial charge in [-0.3, -0.25) is 10.1 Å². The molecule has 0 aromatic heterocycles. The van der Waals surface area contributed by atoms with Crippen LogP contribution in [0.4, 0.5) is 5.69 Å². The van der Waals surface area contributed by atoms with Gasteiger partial charge in [0.05, 0.1) is 4.92 Å². The smallest absolute Gasteiger partial charge is 0.272 e. The molecule has 1 aromatic carbocycles. The van der Waals surface area contributed by atoms with Crippen LogP contribution in [0.25, 0.3) is 0 Å². The van der Waals surface area contributed by atoms with Gasteiger partial charge in [-0.1, -0.05) is 12.1 Å². The summed E-state index contributed by atoms with van der Waals surface area (Å²) in [6.45, 7) is 3.73. The van der Waals surface area contributed by atoms with Gasteiger partial charge >= 0.3 is 0 Å². The van der Waals surface area contributed by atoms with E-state index in [1.54, 1.807) is 19.1 Å². The predicted molar refractivity (Wildman–Crippen MR) is 70.5 cm³/mol. The predicted octanol–water partition coefficient (Wildman–Crippen LogP) is 1.38. The lowest BCUT2D eigenvalue weighted by molar-refractivity contribution is -0.385. The summed E-state index contributed by atoms with van der Waals surface area (Å²) in [6.07, 6.45) is 1.79. The minimum Gasteiger partial charge on any atom is -0.327 e. The Kier molecular flexibility index (Phi) is 3.93. The van der Waals surface area contributed by atoms with E-state index in [4.69, 9.17) is 5.73 Å². The van der Waals surface area contributed by atoms with Crippen LogP contribution in [0.5, 0.6) is 0 Å². The van der Waals surface area contributed by atoms with E-state index < -0.39 is 0 Å². The Hall–Kier alpha value is -1.46. The molecule has 2 atom stereocenters. The molecule has 1 aliphatic heterocycles. The average Bonchev–Trinajstić information content (AvgIpc) is 2.85. The van der Waals surface area contributed by atoms with Gasteiger partial charge < -0.3 is 11.1 Å². The number of hydrogen-bond donors (Lipinski definition) is 2. The maximum Gasteiger partial charge on any atom is 0.272 e. The second-order valence-electron chi connectivity index (χ2n) is 5.00. The summed E-state index contributed by atoms with van der Waals surface area (Å²) >= 11 is 0. The number of hydrogen-bond acceptors (Lipinski definition) is 4. The molecule has 1 heterocycles. The van der Waals surface area contributed by atoms with Gasteiger partial charge in [-0.05, 0) is 44.3 Å². The highest BCUT2D eigenvalue weighted by Gasteiger charge is 2.22. The van der Waals surface area contributed by atoms with Gasteiger partial charge in [0.25, 0.3) is 5.69 Å². The van der Waals surface area contributed by atoms with Crippen molar-refractivity contribution < 1.29 is 4.92 Å². The van der Waals surface area contributed by atoms with Gasteiger partial charge in [-0.15, -0.1) is 0 Å². The third-order valence-corrected chi connectivity index (χ3v) is 3.65. The maximum absolute atomic E-state index is 10.9. The Morgan fingerprint density at radius 2 is 2.39 bits per heavy atom. The van der Waals surface area contributed by atoms with Crippen molar-refractivity contribution >= 4 is 5.69 Å². The fourth-order valence-corrected chi connectivity index (χ4v) is 2.46. The van der Waals surface area contributed by atoms with Gasteiger partial charge in [0.15, 0.2) is 0 Å². The molecule has 3 N–H and O–H groups in total. The van der Waals surface area contributed by atoms with Crippen molar-refractivity contribution in [3.63, 3.8) is 0 Å². The molecule has 1 aromatic rings. The third-order valence-electron chi connectivity index (χ3n) is 3.65. The van der Waals surface area contributed by atoms with Gasteiger partial charge in [0.1, 0.15) is 0 Å². The van der Waals surface area contributed by atoms with Crippen LogP contribution in [0, 0.1) is 23.0 Å². The second-order valence-corrected chi connectivity index (χ2v) is 5.00. The van der Waals surface area contributed by atoms with Crippen molar-refractivity contribution in [1.29, 1.82) is 0 Å².